The van der Waals surface area contributed by atoms with Gasteiger partial charge in [-0.3, -0.25) is 4.79 Å². The van der Waals surface area contributed by atoms with Gasteiger partial charge in [-0.25, -0.2) is 4.79 Å². The van der Waals surface area contributed by atoms with Gasteiger partial charge in [0.25, 0.3) is 0 Å². The van der Waals surface area contributed by atoms with Gasteiger partial charge in [0.05, 0.1) is 18.7 Å². The van der Waals surface area contributed by atoms with Crippen molar-refractivity contribution >= 4 is 11.8 Å². The summed E-state index contributed by atoms with van der Waals surface area (Å²) >= 11 is 0. The van der Waals surface area contributed by atoms with Crippen molar-refractivity contribution in [3.8, 4) is 6.07 Å². The third kappa shape index (κ3) is 3.83. The molecule has 0 amide bonds. The van der Waals surface area contributed by atoms with E-state index in [0.717, 1.165) is 11.1 Å². The molecule has 2 aromatic rings. The Kier molecular flexibility index (Phi) is 5.27. The van der Waals surface area contributed by atoms with E-state index in [4.69, 9.17) is 4.74 Å². The fourth-order valence-corrected chi connectivity index (χ4v) is 2.38. The van der Waals surface area contributed by atoms with E-state index < -0.39 is 11.9 Å². The normalized spacial score (nSPS) is 11.3. The number of esters is 1. The average molecular weight is 307 g/mol. The van der Waals surface area contributed by atoms with Crippen LogP contribution in [-0.4, -0.2) is 18.9 Å². The van der Waals surface area contributed by atoms with Crippen molar-refractivity contribution in [2.75, 3.05) is 7.11 Å². The van der Waals surface area contributed by atoms with Gasteiger partial charge in [0, 0.05) is 6.42 Å². The summed E-state index contributed by atoms with van der Waals surface area (Å²) in [6.07, 6.45) is 0.181. The van der Waals surface area contributed by atoms with Crippen LogP contribution in [-0.2, 0) is 16.0 Å². The van der Waals surface area contributed by atoms with Crippen LogP contribution in [0, 0.1) is 18.3 Å². The lowest BCUT2D eigenvalue weighted by atomic mass is 9.90. The molecule has 2 rings (SSSR count). The Morgan fingerprint density at radius 3 is 2.48 bits per heavy atom. The fourth-order valence-electron chi connectivity index (χ4n) is 2.38. The number of methoxy groups -OCH3 is 1. The Hall–Kier alpha value is -2.93. The zero-order valence-electron chi connectivity index (χ0n) is 13.1. The number of carbonyl (C=O) groups is 2. The first-order chi connectivity index (χ1) is 11.1. The fraction of sp³-hybridized carbons (Fsp3) is 0.211. The van der Waals surface area contributed by atoms with Crippen LogP contribution < -0.4 is 0 Å². The van der Waals surface area contributed by atoms with Gasteiger partial charge in [-0.05, 0) is 29.7 Å². The number of nitrogens with zero attached hydrogens (tertiary/aromatic N) is 1. The van der Waals surface area contributed by atoms with Gasteiger partial charge in [0.2, 0.25) is 0 Å². The van der Waals surface area contributed by atoms with Crippen LogP contribution in [0.4, 0.5) is 0 Å². The number of benzene rings is 2. The molecule has 0 saturated heterocycles. The van der Waals surface area contributed by atoms with Crippen LogP contribution >= 0.6 is 0 Å². The number of rotatable bonds is 5. The Bertz CT molecular complexity index is 760. The monoisotopic (exact) mass is 307 g/mol. The number of Topliss-reactive ketones (excluding diaryl/α,β-unsaturated/α-hetero) is 1. The highest BCUT2D eigenvalue weighted by molar-refractivity contribution is 5.93. The second-order valence-electron chi connectivity index (χ2n) is 5.26. The zero-order chi connectivity index (χ0) is 16.8. The summed E-state index contributed by atoms with van der Waals surface area (Å²) in [4.78, 5) is 24.2. The summed E-state index contributed by atoms with van der Waals surface area (Å²) < 4.78 is 4.73. The molecule has 4 nitrogen and oxygen atoms in total. The van der Waals surface area contributed by atoms with E-state index in [0.29, 0.717) is 11.1 Å². The molecule has 0 aliphatic carbocycles. The molecule has 0 aromatic heterocycles. The smallest absolute Gasteiger partial charge is 0.338 e. The number of hydrogen-bond donors (Lipinski definition) is 0. The standard InChI is InChI=1S/C19H17NO3/c1-13-8-9-15(11-16(13)19(22)23-2)17(12-20)18(21)10-14-6-4-3-5-7-14/h3-9,11,17H,10H2,1-2H3. The minimum atomic E-state index is -0.904. The van der Waals surface area contributed by atoms with Gasteiger partial charge in [0.1, 0.15) is 5.92 Å². The average Bonchev–Trinajstić information content (AvgIpc) is 2.57. The predicted octanol–water partition coefficient (Wildman–Crippen LogP) is 3.20. The predicted molar refractivity (Wildman–Crippen MR) is 86.0 cm³/mol. The van der Waals surface area contributed by atoms with E-state index in [1.165, 1.54) is 7.11 Å². The second kappa shape index (κ2) is 7.37. The lowest BCUT2D eigenvalue weighted by Gasteiger charge is -2.11. The highest BCUT2D eigenvalue weighted by Gasteiger charge is 2.22. The summed E-state index contributed by atoms with van der Waals surface area (Å²) in [6.45, 7) is 1.78. The topological polar surface area (TPSA) is 67.2 Å². The number of nitriles is 1. The number of aryl methyl sites for hydroxylation is 1. The molecular formula is C19H17NO3. The van der Waals surface area contributed by atoms with E-state index >= 15 is 0 Å². The van der Waals surface area contributed by atoms with Crippen LogP contribution in [0.1, 0.15) is 33.0 Å². The lowest BCUT2D eigenvalue weighted by Crippen LogP contribution is -2.15. The molecular weight excluding hydrogens is 290 g/mol. The summed E-state index contributed by atoms with van der Waals surface area (Å²) in [6, 6.07) is 16.3. The van der Waals surface area contributed by atoms with Crippen LogP contribution in [0.3, 0.4) is 0 Å². The van der Waals surface area contributed by atoms with Crippen molar-refractivity contribution in [2.45, 2.75) is 19.3 Å². The first kappa shape index (κ1) is 16.4. The number of hydrogen-bond acceptors (Lipinski definition) is 4. The highest BCUT2D eigenvalue weighted by Crippen LogP contribution is 2.22. The Balaban J connectivity index is 2.29. The molecule has 0 saturated carbocycles. The van der Waals surface area contributed by atoms with Gasteiger partial charge < -0.3 is 4.74 Å². The van der Waals surface area contributed by atoms with Crippen molar-refractivity contribution in [3.63, 3.8) is 0 Å². The molecule has 2 aromatic carbocycles. The van der Waals surface area contributed by atoms with Gasteiger partial charge >= 0.3 is 5.97 Å². The van der Waals surface area contributed by atoms with E-state index in [1.807, 2.05) is 36.4 Å². The Labute approximate surface area is 135 Å². The third-order valence-corrected chi connectivity index (χ3v) is 3.67. The molecule has 116 valence electrons. The van der Waals surface area contributed by atoms with Crippen molar-refractivity contribution in [3.05, 3.63) is 70.8 Å². The largest absolute Gasteiger partial charge is 0.465 e. The van der Waals surface area contributed by atoms with E-state index in [9.17, 15) is 14.9 Å². The maximum atomic E-state index is 12.4. The molecule has 4 heteroatoms. The number of ketones is 1. The van der Waals surface area contributed by atoms with Gasteiger partial charge in [-0.15, -0.1) is 0 Å². The van der Waals surface area contributed by atoms with Gasteiger partial charge in [-0.1, -0.05) is 42.5 Å². The quantitative estimate of drug-likeness (QED) is 0.796. The molecule has 0 bridgehead atoms. The minimum Gasteiger partial charge on any atom is -0.465 e. The maximum Gasteiger partial charge on any atom is 0.338 e. The molecule has 0 heterocycles. The van der Waals surface area contributed by atoms with Crippen molar-refractivity contribution in [1.82, 2.24) is 0 Å². The van der Waals surface area contributed by atoms with Crippen LogP contribution in [0.15, 0.2) is 48.5 Å². The second-order valence-corrected chi connectivity index (χ2v) is 5.26. The van der Waals surface area contributed by atoms with Crippen LogP contribution in [0.2, 0.25) is 0 Å². The molecule has 0 N–H and O–H groups in total. The molecule has 23 heavy (non-hydrogen) atoms. The van der Waals surface area contributed by atoms with Crippen molar-refractivity contribution < 1.29 is 14.3 Å². The van der Waals surface area contributed by atoms with E-state index in [2.05, 4.69) is 0 Å². The van der Waals surface area contributed by atoms with Crippen molar-refractivity contribution in [2.24, 2.45) is 0 Å². The molecule has 0 fully saturated rings. The molecule has 1 atom stereocenters. The van der Waals surface area contributed by atoms with Gasteiger partial charge in [0.15, 0.2) is 5.78 Å². The van der Waals surface area contributed by atoms with Crippen LogP contribution in [0.25, 0.3) is 0 Å². The molecule has 0 aliphatic rings. The molecule has 1 unspecified atom stereocenters. The molecule has 0 spiro atoms. The first-order valence-corrected chi connectivity index (χ1v) is 7.22. The summed E-state index contributed by atoms with van der Waals surface area (Å²) in [5.74, 6) is -1.57. The summed E-state index contributed by atoms with van der Waals surface area (Å²) in [5, 5.41) is 9.40. The van der Waals surface area contributed by atoms with Crippen LogP contribution in [0.5, 0.6) is 0 Å². The van der Waals surface area contributed by atoms with Gasteiger partial charge in [-0.2, -0.15) is 5.26 Å². The Morgan fingerprint density at radius 2 is 1.87 bits per heavy atom. The number of ether oxygens (including phenoxy) is 1. The highest BCUT2D eigenvalue weighted by atomic mass is 16.5. The van der Waals surface area contributed by atoms with E-state index in [-0.39, 0.29) is 12.2 Å². The third-order valence-electron chi connectivity index (χ3n) is 3.67. The van der Waals surface area contributed by atoms with Crippen molar-refractivity contribution in [1.29, 1.82) is 5.26 Å². The SMILES string of the molecule is COC(=O)c1cc(C(C#N)C(=O)Cc2ccccc2)ccc1C. The summed E-state index contributed by atoms with van der Waals surface area (Å²) in [5.41, 5.74) is 2.49. The summed E-state index contributed by atoms with van der Waals surface area (Å²) in [7, 11) is 1.30. The first-order valence-electron chi connectivity index (χ1n) is 7.22. The minimum absolute atomic E-state index is 0.181. The Morgan fingerprint density at radius 1 is 1.17 bits per heavy atom. The molecule has 0 aliphatic heterocycles. The number of carbonyl (C=O) groups excluding carboxylic acids is 2. The molecule has 0 radical (unpaired) electrons. The zero-order valence-corrected chi connectivity index (χ0v) is 13.1. The lowest BCUT2D eigenvalue weighted by molar-refractivity contribution is -0.118. The maximum absolute atomic E-state index is 12.4. The van der Waals surface area contributed by atoms with E-state index in [1.54, 1.807) is 25.1 Å².